The summed E-state index contributed by atoms with van der Waals surface area (Å²) in [5, 5.41) is 3.59. The Morgan fingerprint density at radius 2 is 2.00 bits per heavy atom. The summed E-state index contributed by atoms with van der Waals surface area (Å²) in [4.78, 5) is 2.53. The lowest BCUT2D eigenvalue weighted by Crippen LogP contribution is -2.38. The molecular formula is C21H28N2O4. The van der Waals surface area contributed by atoms with E-state index < -0.39 is 0 Å². The Morgan fingerprint density at radius 1 is 1.15 bits per heavy atom. The molecule has 0 saturated carbocycles. The van der Waals surface area contributed by atoms with Crippen LogP contribution in [0, 0.1) is 0 Å². The van der Waals surface area contributed by atoms with E-state index >= 15 is 0 Å². The second-order valence-corrected chi connectivity index (χ2v) is 7.08. The van der Waals surface area contributed by atoms with Gasteiger partial charge in [0.25, 0.3) is 0 Å². The first-order chi connectivity index (χ1) is 13.3. The third kappa shape index (κ3) is 4.22. The number of hydrogen-bond donors (Lipinski definition) is 1. The van der Waals surface area contributed by atoms with Crippen molar-refractivity contribution >= 4 is 0 Å². The van der Waals surface area contributed by atoms with Crippen LogP contribution >= 0.6 is 0 Å². The molecule has 146 valence electrons. The minimum Gasteiger partial charge on any atom is -0.493 e. The largest absolute Gasteiger partial charge is 0.493 e. The maximum atomic E-state index is 5.73. The lowest BCUT2D eigenvalue weighted by atomic mass is 10.1. The zero-order chi connectivity index (χ0) is 18.5. The fraction of sp³-hybridized carbons (Fsp3) is 0.524. The van der Waals surface area contributed by atoms with Gasteiger partial charge in [-0.05, 0) is 55.8 Å². The number of benzene rings is 1. The minimum absolute atomic E-state index is 0.263. The minimum atomic E-state index is 0.263. The zero-order valence-corrected chi connectivity index (χ0v) is 15.9. The summed E-state index contributed by atoms with van der Waals surface area (Å²) in [5.41, 5.74) is 1.12. The second-order valence-electron chi connectivity index (χ2n) is 7.08. The fourth-order valence-electron chi connectivity index (χ4n) is 3.90. The molecule has 6 nitrogen and oxygen atoms in total. The van der Waals surface area contributed by atoms with Gasteiger partial charge in [0.15, 0.2) is 11.5 Å². The molecule has 27 heavy (non-hydrogen) atoms. The molecule has 0 radical (unpaired) electrons. The van der Waals surface area contributed by atoms with Crippen LogP contribution in [0.4, 0.5) is 0 Å². The molecule has 2 aliphatic heterocycles. The van der Waals surface area contributed by atoms with Crippen molar-refractivity contribution in [2.24, 2.45) is 0 Å². The van der Waals surface area contributed by atoms with Gasteiger partial charge in [-0.3, -0.25) is 4.90 Å². The number of nitrogens with one attached hydrogen (secondary N) is 1. The number of nitrogens with zero attached hydrogens (tertiary/aromatic N) is 1. The fourth-order valence-corrected chi connectivity index (χ4v) is 3.90. The molecule has 0 bridgehead atoms. The van der Waals surface area contributed by atoms with Crippen molar-refractivity contribution in [2.75, 3.05) is 40.0 Å². The quantitative estimate of drug-likeness (QED) is 0.804. The molecule has 2 aliphatic rings. The SMILES string of the molecule is COc1cc(CNC[C@@H](c2ccco2)N2CCCCC2)cc2c1OCCO2. The number of methoxy groups -OCH3 is 1. The second kappa shape index (κ2) is 8.67. The Bertz CT molecular complexity index is 709. The average Bonchev–Trinajstić information content (AvgIpc) is 3.25. The summed E-state index contributed by atoms with van der Waals surface area (Å²) in [7, 11) is 1.66. The van der Waals surface area contributed by atoms with Gasteiger partial charge in [-0.15, -0.1) is 0 Å². The van der Waals surface area contributed by atoms with Crippen LogP contribution in [0.3, 0.4) is 0 Å². The average molecular weight is 372 g/mol. The van der Waals surface area contributed by atoms with Gasteiger partial charge in [-0.2, -0.15) is 0 Å². The normalized spacial score (nSPS) is 18.3. The van der Waals surface area contributed by atoms with Crippen molar-refractivity contribution in [2.45, 2.75) is 31.8 Å². The molecule has 1 N–H and O–H groups in total. The van der Waals surface area contributed by atoms with Gasteiger partial charge in [-0.25, -0.2) is 0 Å². The van der Waals surface area contributed by atoms with Gasteiger partial charge in [0.1, 0.15) is 19.0 Å². The molecule has 2 aromatic rings. The van der Waals surface area contributed by atoms with Gasteiger partial charge in [0, 0.05) is 13.1 Å². The number of rotatable bonds is 7. The standard InChI is InChI=1S/C21H28N2O4/c1-24-19-12-16(13-20-21(19)27-11-10-26-20)14-22-15-17(18-6-5-9-25-18)23-7-3-2-4-8-23/h5-6,9,12-13,17,22H,2-4,7-8,10-11,14-15H2,1H3/t17-/m0/s1. The lowest BCUT2D eigenvalue weighted by Gasteiger charge is -2.33. The van der Waals surface area contributed by atoms with E-state index in [0.29, 0.717) is 19.0 Å². The van der Waals surface area contributed by atoms with E-state index in [0.717, 1.165) is 49.0 Å². The molecule has 1 aromatic carbocycles. The molecule has 4 rings (SSSR count). The highest BCUT2D eigenvalue weighted by Gasteiger charge is 2.24. The van der Waals surface area contributed by atoms with Gasteiger partial charge in [-0.1, -0.05) is 6.42 Å². The van der Waals surface area contributed by atoms with Gasteiger partial charge >= 0.3 is 0 Å². The van der Waals surface area contributed by atoms with E-state index in [1.54, 1.807) is 13.4 Å². The number of piperidine rings is 1. The van der Waals surface area contributed by atoms with E-state index in [9.17, 15) is 0 Å². The number of fused-ring (bicyclic) bond motifs is 1. The molecule has 0 amide bonds. The molecular weight excluding hydrogens is 344 g/mol. The molecule has 0 spiro atoms. The van der Waals surface area contributed by atoms with Crippen LogP contribution in [0.1, 0.15) is 36.6 Å². The molecule has 3 heterocycles. The highest BCUT2D eigenvalue weighted by Crippen LogP contribution is 2.40. The van der Waals surface area contributed by atoms with Crippen LogP contribution in [-0.2, 0) is 6.54 Å². The van der Waals surface area contributed by atoms with E-state index in [2.05, 4.69) is 16.3 Å². The Balaban J connectivity index is 1.43. The van der Waals surface area contributed by atoms with Crippen LogP contribution in [0.5, 0.6) is 17.2 Å². The number of hydrogen-bond acceptors (Lipinski definition) is 6. The first-order valence-corrected chi connectivity index (χ1v) is 9.80. The molecule has 1 fully saturated rings. The Hall–Kier alpha value is -2.18. The van der Waals surface area contributed by atoms with Crippen molar-refractivity contribution in [3.8, 4) is 17.2 Å². The zero-order valence-electron chi connectivity index (χ0n) is 15.9. The maximum absolute atomic E-state index is 5.73. The smallest absolute Gasteiger partial charge is 0.203 e. The van der Waals surface area contributed by atoms with Crippen LogP contribution in [0.15, 0.2) is 34.9 Å². The van der Waals surface area contributed by atoms with Crippen molar-refractivity contribution < 1.29 is 18.6 Å². The molecule has 1 atom stereocenters. The van der Waals surface area contributed by atoms with E-state index in [-0.39, 0.29) is 6.04 Å². The molecule has 0 aliphatic carbocycles. The maximum Gasteiger partial charge on any atom is 0.203 e. The Kier molecular flexibility index (Phi) is 5.84. The summed E-state index contributed by atoms with van der Waals surface area (Å²) in [5.74, 6) is 3.22. The monoisotopic (exact) mass is 372 g/mol. The third-order valence-electron chi connectivity index (χ3n) is 5.26. The highest BCUT2D eigenvalue weighted by molar-refractivity contribution is 5.54. The third-order valence-corrected chi connectivity index (χ3v) is 5.26. The summed E-state index contributed by atoms with van der Waals surface area (Å²) in [6.07, 6.45) is 5.61. The molecule has 1 aromatic heterocycles. The molecule has 1 saturated heterocycles. The first-order valence-electron chi connectivity index (χ1n) is 9.80. The van der Waals surface area contributed by atoms with Gasteiger partial charge < -0.3 is 23.9 Å². The lowest BCUT2D eigenvalue weighted by molar-refractivity contribution is 0.142. The van der Waals surface area contributed by atoms with Crippen molar-refractivity contribution in [3.05, 3.63) is 41.9 Å². The topological polar surface area (TPSA) is 56.1 Å². The van der Waals surface area contributed by atoms with Crippen molar-refractivity contribution in [1.82, 2.24) is 10.2 Å². The Labute approximate surface area is 160 Å². The van der Waals surface area contributed by atoms with E-state index in [1.807, 2.05) is 18.2 Å². The Morgan fingerprint density at radius 3 is 2.78 bits per heavy atom. The van der Waals surface area contributed by atoms with Crippen molar-refractivity contribution in [1.29, 1.82) is 0 Å². The van der Waals surface area contributed by atoms with E-state index in [1.165, 1.54) is 19.3 Å². The first kappa shape index (κ1) is 18.2. The van der Waals surface area contributed by atoms with Crippen LogP contribution in [0.25, 0.3) is 0 Å². The number of ether oxygens (including phenoxy) is 3. The number of furan rings is 1. The van der Waals surface area contributed by atoms with Gasteiger partial charge in [0.05, 0.1) is 19.4 Å². The highest BCUT2D eigenvalue weighted by atomic mass is 16.6. The summed E-state index contributed by atoms with van der Waals surface area (Å²) < 4.78 is 22.6. The summed E-state index contributed by atoms with van der Waals surface area (Å²) in [6, 6.07) is 8.36. The van der Waals surface area contributed by atoms with Crippen LogP contribution in [0.2, 0.25) is 0 Å². The summed E-state index contributed by atoms with van der Waals surface area (Å²) in [6.45, 7) is 4.96. The predicted molar refractivity (Wildman–Crippen MR) is 103 cm³/mol. The molecule has 0 unspecified atom stereocenters. The van der Waals surface area contributed by atoms with Crippen LogP contribution in [-0.4, -0.2) is 44.9 Å². The van der Waals surface area contributed by atoms with Crippen LogP contribution < -0.4 is 19.5 Å². The van der Waals surface area contributed by atoms with Crippen molar-refractivity contribution in [3.63, 3.8) is 0 Å². The van der Waals surface area contributed by atoms with Gasteiger partial charge in [0.2, 0.25) is 5.75 Å². The molecule has 6 heteroatoms. The number of likely N-dealkylation sites (tertiary alicyclic amines) is 1. The van der Waals surface area contributed by atoms with E-state index in [4.69, 9.17) is 18.6 Å². The predicted octanol–water partition coefficient (Wildman–Crippen LogP) is 3.38. The summed E-state index contributed by atoms with van der Waals surface area (Å²) >= 11 is 0.